The Morgan fingerprint density at radius 2 is 1.85 bits per heavy atom. The minimum atomic E-state index is 0.260. The second-order valence-electron chi connectivity index (χ2n) is 5.47. The Bertz CT molecular complexity index is 605. The zero-order valence-electron chi connectivity index (χ0n) is 11.9. The number of hydrogen-bond donors (Lipinski definition) is 1. The SMILES string of the molecule is CN(C)c1ccc2c(c1)C(c1ccc(Cl)cc1)NCC2. The van der Waals surface area contributed by atoms with Crippen molar-refractivity contribution >= 4 is 17.3 Å². The predicted molar refractivity (Wildman–Crippen MR) is 85.8 cm³/mol. The van der Waals surface area contributed by atoms with Crippen LogP contribution in [0.4, 0.5) is 5.69 Å². The van der Waals surface area contributed by atoms with Gasteiger partial charge in [-0.1, -0.05) is 29.8 Å². The molecule has 0 saturated heterocycles. The molecule has 2 nitrogen and oxygen atoms in total. The number of nitrogens with zero attached hydrogens (tertiary/aromatic N) is 1. The molecule has 2 aromatic rings. The molecule has 2 aromatic carbocycles. The van der Waals surface area contributed by atoms with E-state index in [2.05, 4.69) is 54.6 Å². The van der Waals surface area contributed by atoms with Crippen LogP contribution in [0.25, 0.3) is 0 Å². The fraction of sp³-hybridized carbons (Fsp3) is 0.294. The number of benzene rings is 2. The zero-order valence-corrected chi connectivity index (χ0v) is 12.6. The van der Waals surface area contributed by atoms with Crippen LogP contribution in [-0.2, 0) is 6.42 Å². The van der Waals surface area contributed by atoms with Crippen LogP contribution in [0, 0.1) is 0 Å². The molecule has 0 spiro atoms. The van der Waals surface area contributed by atoms with Crippen molar-refractivity contribution in [2.75, 3.05) is 25.5 Å². The number of fused-ring (bicyclic) bond motifs is 1. The first-order chi connectivity index (χ1) is 9.65. The van der Waals surface area contributed by atoms with E-state index in [4.69, 9.17) is 11.6 Å². The number of hydrogen-bond acceptors (Lipinski definition) is 2. The molecule has 20 heavy (non-hydrogen) atoms. The van der Waals surface area contributed by atoms with Gasteiger partial charge in [0.25, 0.3) is 0 Å². The van der Waals surface area contributed by atoms with Crippen molar-refractivity contribution in [3.63, 3.8) is 0 Å². The lowest BCUT2D eigenvalue weighted by Crippen LogP contribution is -2.30. The van der Waals surface area contributed by atoms with Crippen LogP contribution in [-0.4, -0.2) is 20.6 Å². The van der Waals surface area contributed by atoms with Crippen molar-refractivity contribution in [2.24, 2.45) is 0 Å². The first-order valence-corrected chi connectivity index (χ1v) is 7.32. The van der Waals surface area contributed by atoms with Gasteiger partial charge in [0.1, 0.15) is 0 Å². The number of halogens is 1. The Balaban J connectivity index is 2.03. The third-order valence-electron chi connectivity index (χ3n) is 3.90. The zero-order chi connectivity index (χ0) is 14.1. The molecule has 1 heterocycles. The monoisotopic (exact) mass is 286 g/mol. The molecule has 0 aliphatic carbocycles. The molecule has 0 fully saturated rings. The molecule has 3 rings (SSSR count). The van der Waals surface area contributed by atoms with Gasteiger partial charge in [0.2, 0.25) is 0 Å². The van der Waals surface area contributed by atoms with Gasteiger partial charge in [-0.2, -0.15) is 0 Å². The van der Waals surface area contributed by atoms with E-state index >= 15 is 0 Å². The Labute approximate surface area is 125 Å². The number of nitrogens with one attached hydrogen (secondary N) is 1. The molecule has 0 aromatic heterocycles. The first kappa shape index (κ1) is 13.5. The summed E-state index contributed by atoms with van der Waals surface area (Å²) in [5.74, 6) is 0. The molecule has 0 amide bonds. The average Bonchev–Trinajstić information content (AvgIpc) is 2.47. The predicted octanol–water partition coefficient (Wildman–Crippen LogP) is 3.64. The van der Waals surface area contributed by atoms with Gasteiger partial charge in [-0.05, 0) is 47.4 Å². The third kappa shape index (κ3) is 2.54. The normalized spacial score (nSPS) is 17.6. The summed E-state index contributed by atoms with van der Waals surface area (Å²) in [6.07, 6.45) is 1.09. The Morgan fingerprint density at radius 3 is 2.55 bits per heavy atom. The van der Waals surface area contributed by atoms with Crippen LogP contribution in [0.2, 0.25) is 5.02 Å². The van der Waals surface area contributed by atoms with Gasteiger partial charge in [-0.3, -0.25) is 0 Å². The fourth-order valence-electron chi connectivity index (χ4n) is 2.77. The molecular formula is C17H19ClN2. The van der Waals surface area contributed by atoms with Crippen LogP contribution in [0.15, 0.2) is 42.5 Å². The molecule has 1 unspecified atom stereocenters. The Morgan fingerprint density at radius 1 is 1.10 bits per heavy atom. The lowest BCUT2D eigenvalue weighted by atomic mass is 9.89. The van der Waals surface area contributed by atoms with E-state index in [9.17, 15) is 0 Å². The summed E-state index contributed by atoms with van der Waals surface area (Å²) >= 11 is 5.99. The van der Waals surface area contributed by atoms with E-state index in [0.29, 0.717) is 0 Å². The first-order valence-electron chi connectivity index (χ1n) is 6.94. The molecule has 0 radical (unpaired) electrons. The summed E-state index contributed by atoms with van der Waals surface area (Å²) in [7, 11) is 4.16. The van der Waals surface area contributed by atoms with E-state index in [1.807, 2.05) is 12.1 Å². The van der Waals surface area contributed by atoms with Crippen LogP contribution >= 0.6 is 11.6 Å². The summed E-state index contributed by atoms with van der Waals surface area (Å²) in [4.78, 5) is 2.15. The second kappa shape index (κ2) is 5.47. The van der Waals surface area contributed by atoms with Gasteiger partial charge < -0.3 is 10.2 Å². The highest BCUT2D eigenvalue weighted by molar-refractivity contribution is 6.30. The van der Waals surface area contributed by atoms with E-state index in [0.717, 1.165) is 18.0 Å². The smallest absolute Gasteiger partial charge is 0.0580 e. The van der Waals surface area contributed by atoms with Crippen molar-refractivity contribution in [1.29, 1.82) is 0 Å². The molecule has 104 valence electrons. The van der Waals surface area contributed by atoms with Crippen LogP contribution in [0.1, 0.15) is 22.7 Å². The maximum Gasteiger partial charge on any atom is 0.0580 e. The molecule has 1 aliphatic rings. The van der Waals surface area contributed by atoms with Gasteiger partial charge in [0.15, 0.2) is 0 Å². The molecule has 0 saturated carbocycles. The molecule has 1 N–H and O–H groups in total. The van der Waals surface area contributed by atoms with Gasteiger partial charge >= 0.3 is 0 Å². The summed E-state index contributed by atoms with van der Waals surface area (Å²) in [6, 6.07) is 15.1. The van der Waals surface area contributed by atoms with Crippen LogP contribution in [0.3, 0.4) is 0 Å². The summed E-state index contributed by atoms with van der Waals surface area (Å²) in [5.41, 5.74) is 5.33. The van der Waals surface area contributed by atoms with Crippen molar-refractivity contribution in [2.45, 2.75) is 12.5 Å². The van der Waals surface area contributed by atoms with Gasteiger partial charge in [0.05, 0.1) is 6.04 Å². The lowest BCUT2D eigenvalue weighted by Gasteiger charge is -2.29. The Kier molecular flexibility index (Phi) is 3.68. The molecule has 1 aliphatic heterocycles. The maximum absolute atomic E-state index is 5.99. The standard InChI is InChI=1S/C17H19ClN2/c1-20(2)15-8-5-12-9-10-19-17(16(12)11-15)13-3-6-14(18)7-4-13/h3-8,11,17,19H,9-10H2,1-2H3. The topological polar surface area (TPSA) is 15.3 Å². The van der Waals surface area contributed by atoms with E-state index in [1.165, 1.54) is 22.4 Å². The Hall–Kier alpha value is -1.51. The van der Waals surface area contributed by atoms with Crippen molar-refractivity contribution in [3.8, 4) is 0 Å². The summed E-state index contributed by atoms with van der Waals surface area (Å²) < 4.78 is 0. The molecule has 1 atom stereocenters. The number of rotatable bonds is 2. The minimum absolute atomic E-state index is 0.260. The molecule has 3 heteroatoms. The van der Waals surface area contributed by atoms with Gasteiger partial charge in [0, 0.05) is 31.4 Å². The van der Waals surface area contributed by atoms with Crippen molar-refractivity contribution < 1.29 is 0 Å². The highest BCUT2D eigenvalue weighted by Gasteiger charge is 2.21. The second-order valence-corrected chi connectivity index (χ2v) is 5.90. The molecule has 0 bridgehead atoms. The maximum atomic E-state index is 5.99. The lowest BCUT2D eigenvalue weighted by molar-refractivity contribution is 0.568. The van der Waals surface area contributed by atoms with Gasteiger partial charge in [-0.15, -0.1) is 0 Å². The van der Waals surface area contributed by atoms with Crippen molar-refractivity contribution in [1.82, 2.24) is 5.32 Å². The highest BCUT2D eigenvalue weighted by atomic mass is 35.5. The average molecular weight is 287 g/mol. The summed E-state index contributed by atoms with van der Waals surface area (Å²) in [5, 5.41) is 4.40. The van der Waals surface area contributed by atoms with E-state index < -0.39 is 0 Å². The quantitative estimate of drug-likeness (QED) is 0.907. The van der Waals surface area contributed by atoms with Crippen LogP contribution < -0.4 is 10.2 Å². The van der Waals surface area contributed by atoms with Gasteiger partial charge in [-0.25, -0.2) is 0 Å². The fourth-order valence-corrected chi connectivity index (χ4v) is 2.90. The van der Waals surface area contributed by atoms with E-state index in [1.54, 1.807) is 0 Å². The van der Waals surface area contributed by atoms with E-state index in [-0.39, 0.29) is 6.04 Å². The summed E-state index contributed by atoms with van der Waals surface area (Å²) in [6.45, 7) is 1.02. The molecular weight excluding hydrogens is 268 g/mol. The van der Waals surface area contributed by atoms with Crippen molar-refractivity contribution in [3.05, 3.63) is 64.2 Å². The number of anilines is 1. The highest BCUT2D eigenvalue weighted by Crippen LogP contribution is 2.31. The third-order valence-corrected chi connectivity index (χ3v) is 4.15. The largest absolute Gasteiger partial charge is 0.378 e. The minimum Gasteiger partial charge on any atom is -0.378 e. The van der Waals surface area contributed by atoms with Crippen LogP contribution in [0.5, 0.6) is 0 Å².